The number of amides is 1. The number of aryl methyl sites for hydroxylation is 1. The first kappa shape index (κ1) is 21.8. The second kappa shape index (κ2) is 9.00. The maximum Gasteiger partial charge on any atom is 0.267 e. The predicted molar refractivity (Wildman–Crippen MR) is 126 cm³/mol. The summed E-state index contributed by atoms with van der Waals surface area (Å²) >= 11 is 7.20. The number of thiophene rings is 1. The second-order valence-corrected chi connectivity index (χ2v) is 10.6. The van der Waals surface area contributed by atoms with Gasteiger partial charge < -0.3 is 10.2 Å². The lowest BCUT2D eigenvalue weighted by atomic mass is 10.2. The number of sulfonamides is 1. The molecule has 0 bridgehead atoms. The Hall–Kier alpha value is -2.39. The number of benzene rings is 2. The van der Waals surface area contributed by atoms with Crippen LogP contribution in [-0.2, 0) is 10.0 Å². The third kappa shape index (κ3) is 4.77. The van der Waals surface area contributed by atoms with Gasteiger partial charge in [0.15, 0.2) is 0 Å². The molecule has 6 nitrogen and oxygen atoms in total. The number of carbonyl (C=O) groups is 1. The van der Waals surface area contributed by atoms with Gasteiger partial charge in [-0.3, -0.25) is 4.79 Å². The number of rotatable bonds is 5. The van der Waals surface area contributed by atoms with Crippen LogP contribution in [0.5, 0.6) is 0 Å². The van der Waals surface area contributed by atoms with Gasteiger partial charge in [-0.1, -0.05) is 35.4 Å². The first-order chi connectivity index (χ1) is 14.8. The van der Waals surface area contributed by atoms with Gasteiger partial charge in [0.25, 0.3) is 5.91 Å². The van der Waals surface area contributed by atoms with E-state index in [-0.39, 0.29) is 9.77 Å². The van der Waals surface area contributed by atoms with E-state index in [4.69, 9.17) is 11.6 Å². The van der Waals surface area contributed by atoms with Crippen molar-refractivity contribution in [3.8, 4) is 0 Å². The summed E-state index contributed by atoms with van der Waals surface area (Å²) in [6, 6.07) is 16.4. The third-order valence-corrected chi connectivity index (χ3v) is 8.39. The molecule has 1 aliphatic rings. The van der Waals surface area contributed by atoms with E-state index in [1.807, 2.05) is 43.3 Å². The highest BCUT2D eigenvalue weighted by molar-refractivity contribution is 7.89. The van der Waals surface area contributed by atoms with Gasteiger partial charge in [-0.25, -0.2) is 8.42 Å². The van der Waals surface area contributed by atoms with Crippen LogP contribution in [0.2, 0.25) is 5.02 Å². The molecule has 1 amide bonds. The summed E-state index contributed by atoms with van der Waals surface area (Å²) in [6.07, 6.45) is 0. The van der Waals surface area contributed by atoms with Crippen molar-refractivity contribution in [2.24, 2.45) is 0 Å². The molecular formula is C22H22ClN3O3S2. The van der Waals surface area contributed by atoms with E-state index in [2.05, 4.69) is 10.2 Å². The van der Waals surface area contributed by atoms with Gasteiger partial charge in [0.2, 0.25) is 10.0 Å². The van der Waals surface area contributed by atoms with E-state index in [0.29, 0.717) is 36.9 Å². The van der Waals surface area contributed by atoms with Crippen molar-refractivity contribution >= 4 is 50.2 Å². The van der Waals surface area contributed by atoms with Gasteiger partial charge in [0, 0.05) is 42.6 Å². The van der Waals surface area contributed by atoms with Gasteiger partial charge >= 0.3 is 0 Å². The number of hydrogen-bond donors (Lipinski definition) is 1. The third-order valence-electron chi connectivity index (χ3n) is 5.17. The molecule has 1 saturated heterocycles. The summed E-state index contributed by atoms with van der Waals surface area (Å²) in [5, 5.41) is 5.07. The zero-order valence-corrected chi connectivity index (χ0v) is 19.3. The van der Waals surface area contributed by atoms with Crippen LogP contribution in [0.1, 0.15) is 15.2 Å². The van der Waals surface area contributed by atoms with Crippen LogP contribution in [0, 0.1) is 6.92 Å². The van der Waals surface area contributed by atoms with Gasteiger partial charge in [-0.15, -0.1) is 11.3 Å². The minimum atomic E-state index is -3.78. The molecule has 2 aromatic carbocycles. The number of halogens is 1. The molecule has 1 fully saturated rings. The molecule has 0 spiro atoms. The van der Waals surface area contributed by atoms with Crippen molar-refractivity contribution in [2.75, 3.05) is 36.4 Å². The normalized spacial score (nSPS) is 15.1. The first-order valence-electron chi connectivity index (χ1n) is 9.81. The Labute approximate surface area is 191 Å². The summed E-state index contributed by atoms with van der Waals surface area (Å²) in [5.41, 5.74) is 2.68. The summed E-state index contributed by atoms with van der Waals surface area (Å²) in [6.45, 7) is 3.73. The van der Waals surface area contributed by atoms with Crippen LogP contribution in [0.4, 0.5) is 11.4 Å². The molecule has 0 radical (unpaired) electrons. The van der Waals surface area contributed by atoms with Crippen LogP contribution in [-0.4, -0.2) is 44.8 Å². The smallest absolute Gasteiger partial charge is 0.267 e. The van der Waals surface area contributed by atoms with Crippen molar-refractivity contribution in [3.63, 3.8) is 0 Å². The van der Waals surface area contributed by atoms with E-state index < -0.39 is 15.9 Å². The summed E-state index contributed by atoms with van der Waals surface area (Å²) in [7, 11) is -3.78. The highest BCUT2D eigenvalue weighted by Crippen LogP contribution is 2.28. The molecule has 31 heavy (non-hydrogen) atoms. The van der Waals surface area contributed by atoms with E-state index >= 15 is 0 Å². The molecule has 3 aromatic rings. The van der Waals surface area contributed by atoms with E-state index in [0.717, 1.165) is 22.6 Å². The standard InChI is InChI=1S/C22H22ClN3O3S2/c1-16-5-7-18(8-6-16)24-22(27)21-20(9-14-30-21)31(28,29)26-12-10-25(11-13-26)19-4-2-3-17(23)15-19/h2-9,14-15H,10-13H2,1H3,(H,24,27). The lowest BCUT2D eigenvalue weighted by molar-refractivity contribution is 0.102. The van der Waals surface area contributed by atoms with E-state index in [9.17, 15) is 13.2 Å². The minimum absolute atomic E-state index is 0.0540. The molecule has 162 valence electrons. The average Bonchev–Trinajstić information content (AvgIpc) is 3.27. The monoisotopic (exact) mass is 475 g/mol. The first-order valence-corrected chi connectivity index (χ1v) is 12.5. The van der Waals surface area contributed by atoms with Crippen LogP contribution >= 0.6 is 22.9 Å². The van der Waals surface area contributed by atoms with Gasteiger partial charge in [-0.05, 0) is 48.7 Å². The van der Waals surface area contributed by atoms with Gasteiger partial charge in [0.1, 0.15) is 9.77 Å². The zero-order valence-electron chi connectivity index (χ0n) is 16.9. The van der Waals surface area contributed by atoms with Crippen molar-refractivity contribution in [2.45, 2.75) is 11.8 Å². The Bertz CT molecular complexity index is 1180. The van der Waals surface area contributed by atoms with Gasteiger partial charge in [-0.2, -0.15) is 4.31 Å². The fraction of sp³-hybridized carbons (Fsp3) is 0.227. The molecule has 4 rings (SSSR count). The molecule has 0 saturated carbocycles. The van der Waals surface area contributed by atoms with Crippen molar-refractivity contribution in [1.82, 2.24) is 4.31 Å². The number of nitrogens with zero attached hydrogens (tertiary/aromatic N) is 2. The number of hydrogen-bond acceptors (Lipinski definition) is 5. The van der Waals surface area contributed by atoms with Crippen LogP contribution in [0.15, 0.2) is 64.9 Å². The topological polar surface area (TPSA) is 69.7 Å². The van der Waals surface area contributed by atoms with Crippen LogP contribution in [0.3, 0.4) is 0 Å². The quantitative estimate of drug-likeness (QED) is 0.591. The molecule has 2 heterocycles. The number of nitrogens with one attached hydrogen (secondary N) is 1. The maximum atomic E-state index is 13.3. The van der Waals surface area contributed by atoms with E-state index in [1.54, 1.807) is 17.5 Å². The Morgan fingerprint density at radius 2 is 1.74 bits per heavy atom. The lowest BCUT2D eigenvalue weighted by Crippen LogP contribution is -2.48. The lowest BCUT2D eigenvalue weighted by Gasteiger charge is -2.35. The number of carbonyl (C=O) groups excluding carboxylic acids is 1. The highest BCUT2D eigenvalue weighted by atomic mass is 35.5. The highest BCUT2D eigenvalue weighted by Gasteiger charge is 2.32. The van der Waals surface area contributed by atoms with Crippen molar-refractivity contribution in [3.05, 3.63) is 75.4 Å². The Kier molecular flexibility index (Phi) is 6.34. The van der Waals surface area contributed by atoms with Crippen LogP contribution < -0.4 is 10.2 Å². The molecule has 0 aliphatic carbocycles. The zero-order chi connectivity index (χ0) is 22.0. The number of piperazine rings is 1. The largest absolute Gasteiger partial charge is 0.369 e. The van der Waals surface area contributed by atoms with E-state index in [1.165, 1.54) is 10.4 Å². The summed E-state index contributed by atoms with van der Waals surface area (Å²) in [5.74, 6) is -0.421. The Morgan fingerprint density at radius 3 is 2.42 bits per heavy atom. The maximum absolute atomic E-state index is 13.3. The summed E-state index contributed by atoms with van der Waals surface area (Å²) in [4.78, 5) is 15.1. The molecule has 1 aromatic heterocycles. The summed E-state index contributed by atoms with van der Waals surface area (Å²) < 4.78 is 28.0. The molecule has 0 unspecified atom stereocenters. The molecular weight excluding hydrogens is 454 g/mol. The molecule has 0 atom stereocenters. The Balaban J connectivity index is 1.48. The average molecular weight is 476 g/mol. The minimum Gasteiger partial charge on any atom is -0.369 e. The van der Waals surface area contributed by atoms with Crippen molar-refractivity contribution < 1.29 is 13.2 Å². The van der Waals surface area contributed by atoms with Gasteiger partial charge in [0.05, 0.1) is 0 Å². The van der Waals surface area contributed by atoms with Crippen LogP contribution in [0.25, 0.3) is 0 Å². The number of anilines is 2. The Morgan fingerprint density at radius 1 is 1.03 bits per heavy atom. The molecule has 1 N–H and O–H groups in total. The van der Waals surface area contributed by atoms with Crippen molar-refractivity contribution in [1.29, 1.82) is 0 Å². The molecule has 1 aliphatic heterocycles. The SMILES string of the molecule is Cc1ccc(NC(=O)c2sccc2S(=O)(=O)N2CCN(c3cccc(Cl)c3)CC2)cc1. The fourth-order valence-corrected chi connectivity index (χ4v) is 6.39. The second-order valence-electron chi connectivity index (χ2n) is 7.31. The fourth-order valence-electron chi connectivity index (χ4n) is 3.49. The predicted octanol–water partition coefficient (Wildman–Crippen LogP) is 4.47. The molecule has 9 heteroatoms.